The molecule has 0 bridgehead atoms. The third-order valence-corrected chi connectivity index (χ3v) is 1.99. The van der Waals surface area contributed by atoms with Crippen molar-refractivity contribution in [1.82, 2.24) is 3.53 Å². The summed E-state index contributed by atoms with van der Waals surface area (Å²) in [5, 5.41) is 0. The summed E-state index contributed by atoms with van der Waals surface area (Å²) in [6.07, 6.45) is 1.58. The molecule has 1 rings (SSSR count). The zero-order chi connectivity index (χ0) is 4.41. The van der Waals surface area contributed by atoms with Gasteiger partial charge in [0.05, 0.1) is 0 Å². The minimum absolute atomic E-state index is 0.0720. The Balaban J connectivity index is 2.59. The van der Waals surface area contributed by atoms with Crippen molar-refractivity contribution in [3.63, 3.8) is 0 Å². The molecule has 0 aliphatic carbocycles. The maximum absolute atomic E-state index is 10.1. The van der Waals surface area contributed by atoms with Crippen molar-refractivity contribution in [2.45, 2.75) is 0 Å². The minimum atomic E-state index is -0.0781. The molecular formula is C3H3INO-. The van der Waals surface area contributed by atoms with Crippen molar-refractivity contribution < 1.29 is 26.3 Å². The van der Waals surface area contributed by atoms with E-state index in [1.54, 1.807) is 6.08 Å². The molecular weight excluding hydrogens is 193 g/mol. The van der Waals surface area contributed by atoms with E-state index in [0.717, 1.165) is 0 Å². The van der Waals surface area contributed by atoms with Gasteiger partial charge in [-0.1, -0.05) is 0 Å². The number of rotatable bonds is 0. The van der Waals surface area contributed by atoms with Crippen LogP contribution in [0.4, 0.5) is 0 Å². The van der Waals surface area contributed by atoms with Gasteiger partial charge in [-0.3, -0.25) is 0 Å². The zero-order valence-electron chi connectivity index (χ0n) is 2.94. The number of halogens is 1. The summed E-state index contributed by atoms with van der Waals surface area (Å²) < 4.78 is 4.58. The van der Waals surface area contributed by atoms with Gasteiger partial charge in [-0.15, -0.1) is 0 Å². The van der Waals surface area contributed by atoms with Gasteiger partial charge in [0, 0.05) is 0 Å². The van der Waals surface area contributed by atoms with E-state index in [4.69, 9.17) is 0 Å². The zero-order valence-corrected chi connectivity index (χ0v) is 5.10. The predicted molar refractivity (Wildman–Crippen MR) is 17.3 cm³/mol. The molecule has 0 fully saturated rings. The number of hydrogen-bond donors (Lipinski definition) is 1. The van der Waals surface area contributed by atoms with Crippen molar-refractivity contribution in [3.8, 4) is 0 Å². The summed E-state index contributed by atoms with van der Waals surface area (Å²) >= 11 is -0.0781. The van der Waals surface area contributed by atoms with Crippen LogP contribution in [-0.2, 0) is 4.79 Å². The summed E-state index contributed by atoms with van der Waals surface area (Å²) in [6, 6.07) is 0. The normalized spacial score (nSPS) is 19.7. The van der Waals surface area contributed by atoms with Gasteiger partial charge in [-0.2, -0.15) is 0 Å². The molecule has 0 aromatic rings. The van der Waals surface area contributed by atoms with Crippen molar-refractivity contribution >= 4 is 5.91 Å². The van der Waals surface area contributed by atoms with Gasteiger partial charge in [0.15, 0.2) is 0 Å². The van der Waals surface area contributed by atoms with Crippen LogP contribution in [0.25, 0.3) is 0 Å². The third kappa shape index (κ3) is 0.707. The van der Waals surface area contributed by atoms with Crippen LogP contribution in [0.1, 0.15) is 0 Å². The first-order valence-corrected chi connectivity index (χ1v) is 3.81. The molecule has 0 unspecified atom stereocenters. The molecule has 0 saturated heterocycles. The second-order valence-electron chi connectivity index (χ2n) is 0.861. The molecule has 0 radical (unpaired) electrons. The van der Waals surface area contributed by atoms with Crippen LogP contribution in [0.3, 0.4) is 0 Å². The Morgan fingerprint density at radius 1 is 1.83 bits per heavy atom. The van der Waals surface area contributed by atoms with Crippen LogP contribution in [-0.4, -0.2) is 5.91 Å². The fraction of sp³-hybridized carbons (Fsp3) is 0. The van der Waals surface area contributed by atoms with E-state index in [0.29, 0.717) is 0 Å². The van der Waals surface area contributed by atoms with Gasteiger partial charge >= 0.3 is 45.9 Å². The van der Waals surface area contributed by atoms with Gasteiger partial charge in [-0.05, 0) is 0 Å². The molecule has 1 amide bonds. The van der Waals surface area contributed by atoms with Gasteiger partial charge in [0.1, 0.15) is 0 Å². The Labute approximate surface area is 46.2 Å². The summed E-state index contributed by atoms with van der Waals surface area (Å²) in [5.41, 5.74) is 0. The molecule has 1 N–H and O–H groups in total. The number of carbonyl (C=O) groups excluding carboxylic acids is 1. The van der Waals surface area contributed by atoms with Gasteiger partial charge in [0.2, 0.25) is 0 Å². The third-order valence-electron chi connectivity index (χ3n) is 0.425. The Hall–Kier alpha value is -0.0600. The molecule has 0 aromatic heterocycles. The average molecular weight is 196 g/mol. The van der Waals surface area contributed by atoms with Gasteiger partial charge in [-0.25, -0.2) is 0 Å². The molecule has 1 aliphatic heterocycles. The average Bonchev–Trinajstić information content (AvgIpc) is 1.86. The van der Waals surface area contributed by atoms with Crippen LogP contribution < -0.4 is 25.0 Å². The van der Waals surface area contributed by atoms with Crippen molar-refractivity contribution in [2.75, 3.05) is 0 Å². The van der Waals surface area contributed by atoms with Crippen molar-refractivity contribution in [2.24, 2.45) is 0 Å². The number of nitrogens with one attached hydrogen (secondary N) is 1. The Morgan fingerprint density at radius 3 is 2.83 bits per heavy atom. The second kappa shape index (κ2) is 1.59. The maximum atomic E-state index is 10.1. The van der Waals surface area contributed by atoms with E-state index in [-0.39, 0.29) is 27.4 Å². The fourth-order valence-electron chi connectivity index (χ4n) is 0.205. The first-order valence-electron chi connectivity index (χ1n) is 1.48. The SMILES string of the molecule is O=C1C=C[I-]N1. The van der Waals surface area contributed by atoms with E-state index in [1.165, 1.54) is 0 Å². The summed E-state index contributed by atoms with van der Waals surface area (Å²) in [7, 11) is 0. The van der Waals surface area contributed by atoms with E-state index < -0.39 is 0 Å². The van der Waals surface area contributed by atoms with Crippen LogP contribution in [0.15, 0.2) is 10.2 Å². The Kier molecular flexibility index (Phi) is 1.09. The standard InChI is InChI=1S/C3H3INO/c6-3-1-2-4-5-3/h1-2H,(H,5,6)/q-1. The Morgan fingerprint density at radius 2 is 2.67 bits per heavy atom. The monoisotopic (exact) mass is 196 g/mol. The first kappa shape index (κ1) is 4.11. The molecule has 0 aromatic carbocycles. The molecule has 6 heavy (non-hydrogen) atoms. The van der Waals surface area contributed by atoms with E-state index in [1.807, 2.05) is 4.08 Å². The fourth-order valence-corrected chi connectivity index (χ4v) is 1.38. The van der Waals surface area contributed by atoms with Gasteiger partial charge < -0.3 is 0 Å². The molecule has 1 heterocycles. The first-order chi connectivity index (χ1) is 2.89. The van der Waals surface area contributed by atoms with Crippen molar-refractivity contribution in [1.29, 1.82) is 0 Å². The molecule has 1 aliphatic rings. The van der Waals surface area contributed by atoms with Gasteiger partial charge in [0.25, 0.3) is 0 Å². The number of hydrogen-bond acceptors (Lipinski definition) is 1. The van der Waals surface area contributed by atoms with E-state index in [9.17, 15) is 4.79 Å². The van der Waals surface area contributed by atoms with Crippen LogP contribution in [0.2, 0.25) is 0 Å². The molecule has 34 valence electrons. The van der Waals surface area contributed by atoms with Crippen LogP contribution in [0.5, 0.6) is 0 Å². The molecule has 0 saturated carbocycles. The van der Waals surface area contributed by atoms with Crippen LogP contribution in [0, 0.1) is 0 Å². The molecule has 3 heteroatoms. The predicted octanol–water partition coefficient (Wildman–Crippen LogP) is -3.37. The summed E-state index contributed by atoms with van der Waals surface area (Å²) in [6.45, 7) is 0. The molecule has 0 spiro atoms. The second-order valence-corrected chi connectivity index (χ2v) is 2.74. The quantitative estimate of drug-likeness (QED) is 0.318. The van der Waals surface area contributed by atoms with E-state index in [2.05, 4.69) is 3.53 Å². The van der Waals surface area contributed by atoms with Crippen molar-refractivity contribution in [3.05, 3.63) is 10.2 Å². The summed E-state index contributed by atoms with van der Waals surface area (Å²) in [4.78, 5) is 10.1. The Bertz CT molecular complexity index is 99.0. The van der Waals surface area contributed by atoms with E-state index >= 15 is 0 Å². The topological polar surface area (TPSA) is 29.1 Å². The number of amides is 1. The summed E-state index contributed by atoms with van der Waals surface area (Å²) in [5.74, 6) is 0.0720. The molecule has 2 nitrogen and oxygen atoms in total. The molecule has 0 atom stereocenters. The van der Waals surface area contributed by atoms with Crippen LogP contribution >= 0.6 is 0 Å². The number of carbonyl (C=O) groups is 1.